The van der Waals surface area contributed by atoms with Crippen molar-refractivity contribution >= 4 is 46.5 Å². The van der Waals surface area contributed by atoms with Crippen LogP contribution in [0.3, 0.4) is 0 Å². The fourth-order valence-electron chi connectivity index (χ4n) is 4.18. The van der Waals surface area contributed by atoms with Crippen molar-refractivity contribution in [3.63, 3.8) is 0 Å². The lowest BCUT2D eigenvalue weighted by Gasteiger charge is -2.36. The van der Waals surface area contributed by atoms with Gasteiger partial charge in [0.2, 0.25) is 17.7 Å². The fraction of sp³-hybridized carbons (Fsp3) is 0.440. The van der Waals surface area contributed by atoms with Crippen molar-refractivity contribution in [2.75, 3.05) is 10.6 Å². The number of para-hydroxylation sites is 1. The standard InChI is InChI=1S/C25H33N5O5S/c1-14(2)10-18(28-23(33)25(3,4)29-24(34)35)21(31)27-19-11-16-6-5-7-17(26)20(16)30(22(19)32)12-15-8-9-36-13-15/h5-9,13-14,18-19,29H,10-12,26H2,1-4H3,(H,27,31)(H,28,33)(H,34,35)/t18-,19?/m1/s1. The average Bonchev–Trinajstić information content (AvgIpc) is 3.28. The maximum atomic E-state index is 13.5. The Morgan fingerprint density at radius 2 is 1.97 bits per heavy atom. The number of hydrogen-bond acceptors (Lipinski definition) is 6. The van der Waals surface area contributed by atoms with Crippen LogP contribution in [0.2, 0.25) is 0 Å². The second-order valence-electron chi connectivity index (χ2n) is 9.89. The molecule has 4 amide bonds. The number of fused-ring (bicyclic) bond motifs is 1. The van der Waals surface area contributed by atoms with Gasteiger partial charge in [0.1, 0.15) is 17.6 Å². The van der Waals surface area contributed by atoms with Crippen LogP contribution in [0.5, 0.6) is 0 Å². The molecule has 194 valence electrons. The molecule has 1 aliphatic heterocycles. The zero-order chi connectivity index (χ0) is 26.6. The van der Waals surface area contributed by atoms with Crippen LogP contribution in [0.25, 0.3) is 0 Å². The van der Waals surface area contributed by atoms with Crippen LogP contribution in [-0.2, 0) is 27.3 Å². The Hall–Kier alpha value is -3.60. The number of nitrogens with zero attached hydrogens (tertiary/aromatic N) is 1. The molecule has 10 nitrogen and oxygen atoms in total. The van der Waals surface area contributed by atoms with Crippen LogP contribution < -0.4 is 26.6 Å². The van der Waals surface area contributed by atoms with Gasteiger partial charge in [-0.25, -0.2) is 4.79 Å². The van der Waals surface area contributed by atoms with Crippen molar-refractivity contribution in [3.8, 4) is 0 Å². The molecule has 0 spiro atoms. The quantitative estimate of drug-likeness (QED) is 0.323. The highest BCUT2D eigenvalue weighted by molar-refractivity contribution is 7.07. The maximum absolute atomic E-state index is 13.5. The Balaban J connectivity index is 1.82. The van der Waals surface area contributed by atoms with E-state index >= 15 is 0 Å². The number of hydrogen-bond donors (Lipinski definition) is 5. The Kier molecular flexibility index (Phi) is 8.24. The smallest absolute Gasteiger partial charge is 0.405 e. The van der Waals surface area contributed by atoms with Gasteiger partial charge in [0.15, 0.2) is 0 Å². The number of rotatable bonds is 9. The van der Waals surface area contributed by atoms with Gasteiger partial charge in [0.25, 0.3) is 0 Å². The normalized spacial score (nSPS) is 16.3. The molecule has 1 unspecified atom stereocenters. The lowest BCUT2D eigenvalue weighted by molar-refractivity contribution is -0.133. The summed E-state index contributed by atoms with van der Waals surface area (Å²) in [7, 11) is 0. The minimum Gasteiger partial charge on any atom is -0.465 e. The molecular weight excluding hydrogens is 482 g/mol. The van der Waals surface area contributed by atoms with Crippen molar-refractivity contribution < 1.29 is 24.3 Å². The van der Waals surface area contributed by atoms with Crippen molar-refractivity contribution in [3.05, 3.63) is 46.2 Å². The third kappa shape index (κ3) is 6.34. The Morgan fingerprint density at radius 1 is 1.25 bits per heavy atom. The minimum atomic E-state index is -1.45. The fourth-order valence-corrected chi connectivity index (χ4v) is 4.84. The first-order valence-corrected chi connectivity index (χ1v) is 12.7. The second kappa shape index (κ2) is 11.0. The zero-order valence-corrected chi connectivity index (χ0v) is 21.6. The molecule has 0 bridgehead atoms. The molecule has 0 saturated heterocycles. The second-order valence-corrected chi connectivity index (χ2v) is 10.7. The number of carboxylic acid groups (broad SMARTS) is 1. The summed E-state index contributed by atoms with van der Waals surface area (Å²) < 4.78 is 0. The van der Waals surface area contributed by atoms with E-state index < -0.39 is 35.5 Å². The summed E-state index contributed by atoms with van der Waals surface area (Å²) in [5, 5.41) is 20.5. The molecule has 1 aromatic carbocycles. The number of thiophene rings is 1. The minimum absolute atomic E-state index is 0.0502. The number of nitrogen functional groups attached to an aromatic ring is 1. The van der Waals surface area contributed by atoms with E-state index in [0.29, 0.717) is 24.3 Å². The van der Waals surface area contributed by atoms with E-state index in [1.807, 2.05) is 42.8 Å². The molecule has 1 aromatic heterocycles. The molecule has 0 fully saturated rings. The highest BCUT2D eigenvalue weighted by Crippen LogP contribution is 2.35. The van der Waals surface area contributed by atoms with E-state index in [4.69, 9.17) is 10.8 Å². The number of carbonyl (C=O) groups is 4. The molecule has 2 aromatic rings. The van der Waals surface area contributed by atoms with Crippen LogP contribution in [0.15, 0.2) is 35.0 Å². The molecular formula is C25H33N5O5S. The zero-order valence-electron chi connectivity index (χ0n) is 20.8. The lowest BCUT2D eigenvalue weighted by atomic mass is 9.94. The highest BCUT2D eigenvalue weighted by atomic mass is 32.1. The predicted octanol–water partition coefficient (Wildman–Crippen LogP) is 2.48. The molecule has 0 radical (unpaired) electrons. The third-order valence-corrected chi connectivity index (χ3v) is 6.69. The van der Waals surface area contributed by atoms with E-state index in [1.165, 1.54) is 25.2 Å². The topological polar surface area (TPSA) is 154 Å². The number of carbonyl (C=O) groups excluding carboxylic acids is 3. The Labute approximate surface area is 214 Å². The lowest BCUT2D eigenvalue weighted by Crippen LogP contribution is -2.61. The summed E-state index contributed by atoms with van der Waals surface area (Å²) in [6, 6.07) is 5.57. The SMILES string of the molecule is CC(C)C[C@@H](NC(=O)C(C)(C)NC(=O)O)C(=O)NC1Cc2cccc(N)c2N(Cc2ccsc2)C1=O. The van der Waals surface area contributed by atoms with Gasteiger partial charge in [0, 0.05) is 6.42 Å². The largest absolute Gasteiger partial charge is 0.465 e. The first-order chi connectivity index (χ1) is 16.9. The van der Waals surface area contributed by atoms with Crippen LogP contribution in [0.1, 0.15) is 45.2 Å². The number of nitrogens with two attached hydrogens (primary N) is 1. The third-order valence-electron chi connectivity index (χ3n) is 5.96. The molecule has 1 aliphatic rings. The first-order valence-electron chi connectivity index (χ1n) is 11.7. The van der Waals surface area contributed by atoms with E-state index in [2.05, 4.69) is 16.0 Å². The molecule has 2 heterocycles. The van der Waals surface area contributed by atoms with Gasteiger partial charge in [-0.1, -0.05) is 26.0 Å². The van der Waals surface area contributed by atoms with Crippen LogP contribution >= 0.6 is 11.3 Å². The van der Waals surface area contributed by atoms with Gasteiger partial charge >= 0.3 is 6.09 Å². The van der Waals surface area contributed by atoms with Crippen molar-refractivity contribution in [2.24, 2.45) is 5.92 Å². The summed E-state index contributed by atoms with van der Waals surface area (Å²) in [6.07, 6.45) is -0.778. The first kappa shape index (κ1) is 27.0. The summed E-state index contributed by atoms with van der Waals surface area (Å²) in [5.74, 6) is -1.39. The van der Waals surface area contributed by atoms with E-state index in [9.17, 15) is 19.2 Å². The van der Waals surface area contributed by atoms with E-state index in [0.717, 1.165) is 11.1 Å². The summed E-state index contributed by atoms with van der Waals surface area (Å²) in [5.41, 5.74) is 7.70. The monoisotopic (exact) mass is 515 g/mol. The molecule has 36 heavy (non-hydrogen) atoms. The van der Waals surface area contributed by atoms with Crippen LogP contribution in [0.4, 0.5) is 16.2 Å². The number of nitrogens with one attached hydrogen (secondary N) is 3. The van der Waals surface area contributed by atoms with E-state index in [-0.39, 0.29) is 18.2 Å². The number of benzene rings is 1. The van der Waals surface area contributed by atoms with Gasteiger partial charge in [-0.2, -0.15) is 11.3 Å². The maximum Gasteiger partial charge on any atom is 0.405 e. The van der Waals surface area contributed by atoms with Crippen molar-refractivity contribution in [2.45, 2.75) is 64.7 Å². The number of anilines is 2. The highest BCUT2D eigenvalue weighted by Gasteiger charge is 2.38. The number of amides is 4. The van der Waals surface area contributed by atoms with Gasteiger partial charge in [-0.15, -0.1) is 0 Å². The molecule has 0 aliphatic carbocycles. The predicted molar refractivity (Wildman–Crippen MR) is 139 cm³/mol. The van der Waals surface area contributed by atoms with Gasteiger partial charge < -0.3 is 31.7 Å². The average molecular weight is 516 g/mol. The Bertz CT molecular complexity index is 1130. The molecule has 0 saturated carbocycles. The van der Waals surface area contributed by atoms with Gasteiger partial charge in [0.05, 0.1) is 17.9 Å². The summed E-state index contributed by atoms with van der Waals surface area (Å²) >= 11 is 1.53. The molecule has 11 heteroatoms. The van der Waals surface area contributed by atoms with Crippen molar-refractivity contribution in [1.29, 1.82) is 0 Å². The van der Waals surface area contributed by atoms with Gasteiger partial charge in [-0.3, -0.25) is 14.4 Å². The van der Waals surface area contributed by atoms with Crippen LogP contribution in [-0.4, -0.2) is 46.5 Å². The van der Waals surface area contributed by atoms with Crippen molar-refractivity contribution in [1.82, 2.24) is 16.0 Å². The molecule has 6 N–H and O–H groups in total. The Morgan fingerprint density at radius 3 is 2.58 bits per heavy atom. The summed E-state index contributed by atoms with van der Waals surface area (Å²) in [6.45, 7) is 6.95. The van der Waals surface area contributed by atoms with Crippen LogP contribution in [0, 0.1) is 5.92 Å². The molecule has 3 rings (SSSR count). The van der Waals surface area contributed by atoms with E-state index in [1.54, 1.807) is 11.0 Å². The van der Waals surface area contributed by atoms with Gasteiger partial charge in [-0.05, 0) is 60.2 Å². The summed E-state index contributed by atoms with van der Waals surface area (Å²) in [4.78, 5) is 52.3. The molecule has 2 atom stereocenters.